The van der Waals surface area contributed by atoms with Crippen molar-refractivity contribution in [3.63, 3.8) is 0 Å². The number of nitrogens with two attached hydrogens (primary N) is 1. The molecule has 0 aromatic heterocycles. The zero-order valence-corrected chi connectivity index (χ0v) is 17.2. The van der Waals surface area contributed by atoms with Crippen LogP contribution in [0.5, 0.6) is 5.75 Å². The van der Waals surface area contributed by atoms with Crippen LogP contribution in [-0.4, -0.2) is 53.0 Å². The van der Waals surface area contributed by atoms with Crippen LogP contribution in [0.1, 0.15) is 24.0 Å². The fraction of sp³-hybridized carbons (Fsp3) is 0.364. The molecular formula is C22H25F3N2O5. The van der Waals surface area contributed by atoms with Crippen molar-refractivity contribution in [2.24, 2.45) is 5.73 Å². The zero-order chi connectivity index (χ0) is 23.8. The Morgan fingerprint density at radius 2 is 1.56 bits per heavy atom. The van der Waals surface area contributed by atoms with Crippen LogP contribution in [0.2, 0.25) is 0 Å². The van der Waals surface area contributed by atoms with Crippen LogP contribution in [0.15, 0.2) is 54.6 Å². The van der Waals surface area contributed by atoms with Crippen molar-refractivity contribution in [2.45, 2.75) is 31.0 Å². The first-order valence-corrected chi connectivity index (χ1v) is 9.86. The zero-order valence-electron chi connectivity index (χ0n) is 17.2. The maximum atomic E-state index is 11.4. The summed E-state index contributed by atoms with van der Waals surface area (Å²) in [5.74, 6) is -2.00. The molecule has 0 aliphatic heterocycles. The Kier molecular flexibility index (Phi) is 8.48. The second-order valence-corrected chi connectivity index (χ2v) is 7.31. The van der Waals surface area contributed by atoms with Gasteiger partial charge in [-0.1, -0.05) is 48.5 Å². The molecule has 2 aromatic carbocycles. The standard InChI is InChI=1S/C20H24N2O3.C2HF3O2/c21-20(11-12-20)17-8-4-5-9-18(17)25-15-14-22(19(23)24)13-10-16-6-2-1-3-7-16;3-2(4,5)1(6)7/h1-9H,10-15,21H2,(H,23,24);(H,6,7). The molecule has 7 nitrogen and oxygen atoms in total. The molecule has 0 heterocycles. The van der Waals surface area contributed by atoms with Gasteiger partial charge in [0, 0.05) is 17.6 Å². The predicted molar refractivity (Wildman–Crippen MR) is 110 cm³/mol. The molecule has 1 aliphatic carbocycles. The van der Waals surface area contributed by atoms with E-state index in [1.54, 1.807) is 0 Å². The van der Waals surface area contributed by atoms with Gasteiger partial charge in [-0.15, -0.1) is 0 Å². The van der Waals surface area contributed by atoms with Gasteiger partial charge in [0.05, 0.1) is 6.54 Å². The quantitative estimate of drug-likeness (QED) is 0.558. The first kappa shape index (κ1) is 25.0. The third-order valence-electron chi connectivity index (χ3n) is 4.86. The number of aliphatic carboxylic acids is 1. The number of rotatable bonds is 8. The minimum absolute atomic E-state index is 0.267. The summed E-state index contributed by atoms with van der Waals surface area (Å²) in [6.07, 6.45) is -3.39. The molecule has 0 saturated heterocycles. The minimum Gasteiger partial charge on any atom is -0.491 e. The summed E-state index contributed by atoms with van der Waals surface area (Å²) in [4.78, 5) is 21.7. The van der Waals surface area contributed by atoms with Crippen LogP contribution in [-0.2, 0) is 16.8 Å². The van der Waals surface area contributed by atoms with Gasteiger partial charge in [-0.25, -0.2) is 9.59 Å². The predicted octanol–water partition coefficient (Wildman–Crippen LogP) is 3.87. The lowest BCUT2D eigenvalue weighted by atomic mass is 10.1. The van der Waals surface area contributed by atoms with Crippen molar-refractivity contribution in [1.29, 1.82) is 0 Å². The number of halogens is 3. The van der Waals surface area contributed by atoms with Crippen LogP contribution in [0.25, 0.3) is 0 Å². The third kappa shape index (κ3) is 7.77. The van der Waals surface area contributed by atoms with E-state index in [2.05, 4.69) is 0 Å². The molecule has 0 radical (unpaired) electrons. The number of amides is 1. The summed E-state index contributed by atoms with van der Waals surface area (Å²) < 4.78 is 37.6. The number of carboxylic acid groups (broad SMARTS) is 2. The summed E-state index contributed by atoms with van der Waals surface area (Å²) in [6.45, 7) is 1.09. The molecule has 1 aliphatic rings. The van der Waals surface area contributed by atoms with Crippen molar-refractivity contribution >= 4 is 12.1 Å². The van der Waals surface area contributed by atoms with Gasteiger partial charge in [0.25, 0.3) is 0 Å². The summed E-state index contributed by atoms with van der Waals surface area (Å²) in [5, 5.41) is 16.5. The Morgan fingerprint density at radius 3 is 2.09 bits per heavy atom. The molecule has 0 bridgehead atoms. The second kappa shape index (κ2) is 10.9. The number of hydrogen-bond acceptors (Lipinski definition) is 4. The Balaban J connectivity index is 0.000000451. The van der Waals surface area contributed by atoms with E-state index >= 15 is 0 Å². The number of ether oxygens (including phenoxy) is 1. The number of nitrogens with zero attached hydrogens (tertiary/aromatic N) is 1. The van der Waals surface area contributed by atoms with E-state index in [0.717, 1.165) is 29.7 Å². The molecule has 4 N–H and O–H groups in total. The fourth-order valence-corrected chi connectivity index (χ4v) is 2.89. The monoisotopic (exact) mass is 454 g/mol. The highest BCUT2D eigenvalue weighted by Crippen LogP contribution is 2.46. The van der Waals surface area contributed by atoms with Crippen LogP contribution in [0.3, 0.4) is 0 Å². The van der Waals surface area contributed by atoms with Crippen LogP contribution < -0.4 is 10.5 Å². The van der Waals surface area contributed by atoms with E-state index in [-0.39, 0.29) is 5.54 Å². The molecule has 174 valence electrons. The highest BCUT2D eigenvalue weighted by Gasteiger charge is 2.42. The van der Waals surface area contributed by atoms with E-state index in [9.17, 15) is 23.1 Å². The number of alkyl halides is 3. The number of benzene rings is 2. The first-order chi connectivity index (χ1) is 15.0. The summed E-state index contributed by atoms with van der Waals surface area (Å²) in [6, 6.07) is 17.6. The average molecular weight is 454 g/mol. The lowest BCUT2D eigenvalue weighted by Gasteiger charge is -2.21. The van der Waals surface area contributed by atoms with Crippen molar-refractivity contribution in [2.75, 3.05) is 19.7 Å². The number of carbonyl (C=O) groups is 2. The van der Waals surface area contributed by atoms with Crippen molar-refractivity contribution in [1.82, 2.24) is 4.90 Å². The fourth-order valence-electron chi connectivity index (χ4n) is 2.89. The van der Waals surface area contributed by atoms with Gasteiger partial charge in [-0.3, -0.25) is 0 Å². The third-order valence-corrected chi connectivity index (χ3v) is 4.86. The first-order valence-electron chi connectivity index (χ1n) is 9.86. The minimum atomic E-state index is -5.08. The maximum absolute atomic E-state index is 11.4. The lowest BCUT2D eigenvalue weighted by molar-refractivity contribution is -0.192. The molecule has 10 heteroatoms. The molecule has 32 heavy (non-hydrogen) atoms. The van der Waals surface area contributed by atoms with Crippen LogP contribution >= 0.6 is 0 Å². The van der Waals surface area contributed by atoms with Crippen LogP contribution in [0.4, 0.5) is 18.0 Å². The van der Waals surface area contributed by atoms with Crippen molar-refractivity contribution in [3.05, 3.63) is 65.7 Å². The molecule has 2 aromatic rings. The Bertz CT molecular complexity index is 902. The van der Waals surface area contributed by atoms with Crippen molar-refractivity contribution in [3.8, 4) is 5.75 Å². The number of hydrogen-bond donors (Lipinski definition) is 3. The number of carboxylic acids is 1. The molecular weight excluding hydrogens is 429 g/mol. The molecule has 0 unspecified atom stereocenters. The second-order valence-electron chi connectivity index (χ2n) is 7.31. The van der Waals surface area contributed by atoms with E-state index in [0.29, 0.717) is 26.1 Å². The molecule has 3 rings (SSSR count). The molecule has 0 spiro atoms. The topological polar surface area (TPSA) is 113 Å². The van der Waals surface area contributed by atoms with Gasteiger partial charge >= 0.3 is 18.2 Å². The molecule has 1 saturated carbocycles. The average Bonchev–Trinajstić information content (AvgIpc) is 3.49. The largest absolute Gasteiger partial charge is 0.491 e. The summed E-state index contributed by atoms with van der Waals surface area (Å²) in [7, 11) is 0. The summed E-state index contributed by atoms with van der Waals surface area (Å²) >= 11 is 0. The van der Waals surface area contributed by atoms with Crippen molar-refractivity contribution < 1.29 is 37.7 Å². The SMILES string of the molecule is NC1(c2ccccc2OCCN(CCc2ccccc2)C(=O)O)CC1.O=C(O)C(F)(F)F. The van der Waals surface area contributed by atoms with E-state index < -0.39 is 18.2 Å². The Labute approximate surface area is 183 Å². The van der Waals surface area contributed by atoms with E-state index in [4.69, 9.17) is 20.4 Å². The van der Waals surface area contributed by atoms with Gasteiger partial charge < -0.3 is 25.6 Å². The van der Waals surface area contributed by atoms with Gasteiger partial charge in [0.1, 0.15) is 12.4 Å². The van der Waals surface area contributed by atoms with Gasteiger partial charge in [0.2, 0.25) is 0 Å². The summed E-state index contributed by atoms with van der Waals surface area (Å²) in [5.41, 5.74) is 8.15. The van der Waals surface area contributed by atoms with Crippen LogP contribution in [0, 0.1) is 0 Å². The van der Waals surface area contributed by atoms with Gasteiger partial charge in [-0.05, 0) is 30.9 Å². The Hall–Kier alpha value is -3.27. The normalized spacial score (nSPS) is 14.0. The molecule has 1 fully saturated rings. The van der Waals surface area contributed by atoms with Gasteiger partial charge in [-0.2, -0.15) is 13.2 Å². The van der Waals surface area contributed by atoms with E-state index in [1.807, 2.05) is 54.6 Å². The number of para-hydroxylation sites is 1. The van der Waals surface area contributed by atoms with Gasteiger partial charge in [0.15, 0.2) is 0 Å². The Morgan fingerprint density at radius 1 is 1.00 bits per heavy atom. The lowest BCUT2D eigenvalue weighted by Crippen LogP contribution is -2.35. The molecule has 1 amide bonds. The van der Waals surface area contributed by atoms with E-state index in [1.165, 1.54) is 4.90 Å². The molecule has 0 atom stereocenters. The smallest absolute Gasteiger partial charge is 0.490 e. The highest BCUT2D eigenvalue weighted by atomic mass is 19.4. The highest BCUT2D eigenvalue weighted by molar-refractivity contribution is 5.73. The maximum Gasteiger partial charge on any atom is 0.490 e.